The van der Waals surface area contributed by atoms with Crippen molar-refractivity contribution in [2.75, 3.05) is 46.5 Å². The molecule has 0 aliphatic carbocycles. The monoisotopic (exact) mass is 526 g/mol. The number of Topliss-reactive ketones (excluding diaryl/α,β-unsaturated/α-hetero) is 1. The average Bonchev–Trinajstić information content (AvgIpc) is 3.35. The number of benzene rings is 1. The highest BCUT2D eigenvalue weighted by molar-refractivity contribution is 6.46. The highest BCUT2D eigenvalue weighted by atomic mass is 16.6. The van der Waals surface area contributed by atoms with E-state index in [2.05, 4.69) is 9.88 Å². The van der Waals surface area contributed by atoms with Gasteiger partial charge in [-0.3, -0.25) is 24.6 Å². The standard InChI is InChI=1S/C26H30N4O8/c1-15-19(16(2)27-21(15)26(34)37-3)23(31)20-22(17-6-4-7-18(14-17)30(35)36)29(25(33)24(20)32)9-5-8-28-10-12-38-13-11-28/h4,6-7,14,22,27,31H,5,8-13H2,1-3H3/t22-/m1/s1. The Hall–Kier alpha value is -4.03. The first-order valence-electron chi connectivity index (χ1n) is 12.3. The van der Waals surface area contributed by atoms with Crippen LogP contribution in [-0.4, -0.2) is 89.0 Å². The van der Waals surface area contributed by atoms with Gasteiger partial charge in [0.2, 0.25) is 0 Å². The molecular weight excluding hydrogens is 496 g/mol. The lowest BCUT2D eigenvalue weighted by molar-refractivity contribution is -0.384. The van der Waals surface area contributed by atoms with E-state index in [1.165, 1.54) is 30.2 Å². The SMILES string of the molecule is COC(=O)c1[nH]c(C)c(C(O)=C2C(=O)C(=O)N(CCCN3CCOCC3)[C@@H]2c2cccc([N+](=O)[O-])c2)c1C. The number of aliphatic hydroxyl groups excluding tert-OH is 1. The van der Waals surface area contributed by atoms with Gasteiger partial charge in [0, 0.05) is 49.6 Å². The van der Waals surface area contributed by atoms with Crippen molar-refractivity contribution in [1.82, 2.24) is 14.8 Å². The maximum atomic E-state index is 13.3. The van der Waals surface area contributed by atoms with Gasteiger partial charge in [-0.1, -0.05) is 12.1 Å². The minimum absolute atomic E-state index is 0.109. The van der Waals surface area contributed by atoms with Gasteiger partial charge in [0.05, 0.1) is 36.9 Å². The first-order valence-corrected chi connectivity index (χ1v) is 12.3. The van der Waals surface area contributed by atoms with Crippen LogP contribution in [0.25, 0.3) is 5.76 Å². The number of aliphatic hydroxyl groups is 1. The van der Waals surface area contributed by atoms with Gasteiger partial charge < -0.3 is 24.5 Å². The van der Waals surface area contributed by atoms with E-state index >= 15 is 0 Å². The fourth-order valence-corrected chi connectivity index (χ4v) is 5.10. The molecule has 202 valence electrons. The molecule has 38 heavy (non-hydrogen) atoms. The molecule has 0 saturated carbocycles. The number of hydrogen-bond donors (Lipinski definition) is 2. The predicted octanol–water partition coefficient (Wildman–Crippen LogP) is 2.47. The summed E-state index contributed by atoms with van der Waals surface area (Å²) in [4.78, 5) is 56.1. The molecule has 3 heterocycles. The number of amides is 1. The van der Waals surface area contributed by atoms with E-state index in [9.17, 15) is 29.6 Å². The van der Waals surface area contributed by atoms with E-state index in [1.54, 1.807) is 19.9 Å². The summed E-state index contributed by atoms with van der Waals surface area (Å²) in [6.45, 7) is 6.86. The molecule has 0 radical (unpaired) electrons. The van der Waals surface area contributed by atoms with Crippen LogP contribution in [0.1, 0.15) is 45.3 Å². The van der Waals surface area contributed by atoms with Crippen molar-refractivity contribution < 1.29 is 33.9 Å². The van der Waals surface area contributed by atoms with Gasteiger partial charge in [0.25, 0.3) is 17.4 Å². The zero-order chi connectivity index (χ0) is 27.6. The summed E-state index contributed by atoms with van der Waals surface area (Å²) < 4.78 is 10.2. The average molecular weight is 527 g/mol. The number of aromatic amines is 1. The van der Waals surface area contributed by atoms with E-state index in [0.717, 1.165) is 13.1 Å². The van der Waals surface area contributed by atoms with Crippen molar-refractivity contribution in [2.45, 2.75) is 26.3 Å². The number of nitro groups is 1. The van der Waals surface area contributed by atoms with Crippen LogP contribution in [0.2, 0.25) is 0 Å². The molecule has 1 aromatic carbocycles. The lowest BCUT2D eigenvalue weighted by Gasteiger charge is -2.29. The molecule has 2 aliphatic heterocycles. The van der Waals surface area contributed by atoms with E-state index in [4.69, 9.17) is 9.47 Å². The summed E-state index contributed by atoms with van der Waals surface area (Å²) in [5.74, 6) is -2.81. The fraction of sp³-hybridized carbons (Fsp3) is 0.423. The number of esters is 1. The van der Waals surface area contributed by atoms with Gasteiger partial charge in [-0.05, 0) is 31.4 Å². The number of H-pyrrole nitrogens is 1. The summed E-state index contributed by atoms with van der Waals surface area (Å²) in [7, 11) is 1.22. The van der Waals surface area contributed by atoms with Crippen LogP contribution in [0.5, 0.6) is 0 Å². The van der Waals surface area contributed by atoms with E-state index in [0.29, 0.717) is 43.0 Å². The zero-order valence-electron chi connectivity index (χ0n) is 21.5. The lowest BCUT2D eigenvalue weighted by Crippen LogP contribution is -2.39. The van der Waals surface area contributed by atoms with Gasteiger partial charge >= 0.3 is 5.97 Å². The van der Waals surface area contributed by atoms with Crippen molar-refractivity contribution in [3.63, 3.8) is 0 Å². The number of non-ortho nitro benzene ring substituents is 1. The summed E-state index contributed by atoms with van der Waals surface area (Å²) in [6, 6.07) is 4.63. The number of nitro benzene ring substituents is 1. The number of likely N-dealkylation sites (tertiary alicyclic amines) is 1. The second-order valence-corrected chi connectivity index (χ2v) is 9.27. The van der Waals surface area contributed by atoms with E-state index in [1.807, 2.05) is 0 Å². The molecule has 2 aromatic rings. The third-order valence-corrected chi connectivity index (χ3v) is 6.98. The first kappa shape index (κ1) is 27.0. The second-order valence-electron chi connectivity index (χ2n) is 9.27. The number of rotatable bonds is 8. The quantitative estimate of drug-likeness (QED) is 0.132. The van der Waals surface area contributed by atoms with Crippen LogP contribution < -0.4 is 0 Å². The lowest BCUT2D eigenvalue weighted by atomic mass is 9.93. The Balaban J connectivity index is 1.78. The molecule has 2 aliphatic rings. The molecule has 1 aromatic heterocycles. The van der Waals surface area contributed by atoms with Gasteiger partial charge in [-0.25, -0.2) is 4.79 Å². The smallest absolute Gasteiger partial charge is 0.354 e. The summed E-state index contributed by atoms with van der Waals surface area (Å²) in [6.07, 6.45) is 0.549. The largest absolute Gasteiger partial charge is 0.507 e. The third kappa shape index (κ3) is 5.04. The van der Waals surface area contributed by atoms with Crippen LogP contribution in [0.4, 0.5) is 5.69 Å². The first-order chi connectivity index (χ1) is 18.1. The minimum Gasteiger partial charge on any atom is -0.507 e. The summed E-state index contributed by atoms with van der Waals surface area (Å²) in [5.41, 5.74) is 0.988. The van der Waals surface area contributed by atoms with Crippen molar-refractivity contribution >= 4 is 29.1 Å². The Kier molecular flexibility index (Phi) is 7.93. The Morgan fingerprint density at radius 1 is 1.24 bits per heavy atom. The molecule has 12 heteroatoms. The van der Waals surface area contributed by atoms with Gasteiger partial charge in [0.15, 0.2) is 0 Å². The Morgan fingerprint density at radius 2 is 1.95 bits per heavy atom. The van der Waals surface area contributed by atoms with Crippen molar-refractivity contribution in [3.05, 3.63) is 68.0 Å². The van der Waals surface area contributed by atoms with Crippen molar-refractivity contribution in [3.8, 4) is 0 Å². The zero-order valence-corrected chi connectivity index (χ0v) is 21.5. The number of nitrogens with one attached hydrogen (secondary N) is 1. The predicted molar refractivity (Wildman–Crippen MR) is 136 cm³/mol. The van der Waals surface area contributed by atoms with Crippen molar-refractivity contribution in [1.29, 1.82) is 0 Å². The number of ether oxygens (including phenoxy) is 2. The fourth-order valence-electron chi connectivity index (χ4n) is 5.10. The van der Waals surface area contributed by atoms with Crippen LogP contribution in [0.3, 0.4) is 0 Å². The number of morpholine rings is 1. The number of nitrogens with zero attached hydrogens (tertiary/aromatic N) is 3. The maximum Gasteiger partial charge on any atom is 0.354 e. The molecule has 1 atom stereocenters. The Labute approximate surface area is 219 Å². The Morgan fingerprint density at radius 3 is 2.61 bits per heavy atom. The number of ketones is 1. The second kappa shape index (κ2) is 11.2. The van der Waals surface area contributed by atoms with Gasteiger partial charge in [0.1, 0.15) is 11.5 Å². The molecule has 0 unspecified atom stereocenters. The number of carbonyl (C=O) groups excluding carboxylic acids is 3. The highest BCUT2D eigenvalue weighted by Gasteiger charge is 2.46. The maximum absolute atomic E-state index is 13.3. The molecule has 0 spiro atoms. The van der Waals surface area contributed by atoms with E-state index < -0.39 is 34.4 Å². The van der Waals surface area contributed by atoms with E-state index in [-0.39, 0.29) is 29.1 Å². The van der Waals surface area contributed by atoms with Crippen LogP contribution in [-0.2, 0) is 19.1 Å². The molecule has 12 nitrogen and oxygen atoms in total. The van der Waals surface area contributed by atoms with Crippen LogP contribution in [0.15, 0.2) is 29.8 Å². The molecular formula is C26H30N4O8. The normalized spacial score (nSPS) is 19.7. The molecule has 4 rings (SSSR count). The highest BCUT2D eigenvalue weighted by Crippen LogP contribution is 2.41. The number of methoxy groups -OCH3 is 1. The third-order valence-electron chi connectivity index (χ3n) is 6.98. The molecule has 1 amide bonds. The number of hydrogen-bond acceptors (Lipinski definition) is 9. The minimum atomic E-state index is -1.05. The molecule has 2 saturated heterocycles. The Bertz CT molecular complexity index is 1310. The van der Waals surface area contributed by atoms with Crippen molar-refractivity contribution in [2.24, 2.45) is 0 Å². The number of carbonyl (C=O) groups is 3. The van der Waals surface area contributed by atoms with Gasteiger partial charge in [-0.2, -0.15) is 0 Å². The van der Waals surface area contributed by atoms with Crippen LogP contribution >= 0.6 is 0 Å². The van der Waals surface area contributed by atoms with Gasteiger partial charge in [-0.15, -0.1) is 0 Å². The number of aromatic nitrogens is 1. The summed E-state index contributed by atoms with van der Waals surface area (Å²) in [5, 5.41) is 22.9. The number of aryl methyl sites for hydroxylation is 1. The molecule has 2 fully saturated rings. The topological polar surface area (TPSA) is 155 Å². The molecule has 2 N–H and O–H groups in total. The molecule has 0 bridgehead atoms. The summed E-state index contributed by atoms with van der Waals surface area (Å²) >= 11 is 0. The van der Waals surface area contributed by atoms with Crippen LogP contribution in [0, 0.1) is 24.0 Å².